The Morgan fingerprint density at radius 1 is 1.27 bits per heavy atom. The standard InChI is InChI=1S/C27H31ClF3N7O3/c1-3-20-26(14-19(33-20)24(39)40)7-10-38(11-8-26)21-13-22(35-25(32)34-21)41-23(27(29,30)31)16-5-4-15(28)12-17(16)18-6-9-37(2)36-18/h4-6,9,12-13,19-20,23,33H,3,7-8,10-11,14H2,1-2H3,(H,39,40)(H2,32,34,35)/t19?,20?,23-/m1/s1. The summed E-state index contributed by atoms with van der Waals surface area (Å²) in [6.07, 6.45) is -2.84. The van der Waals surface area contributed by atoms with E-state index in [1.807, 2.05) is 11.8 Å². The van der Waals surface area contributed by atoms with Crippen molar-refractivity contribution >= 4 is 29.3 Å². The fourth-order valence-electron chi connectivity index (χ4n) is 6.09. The molecule has 2 saturated heterocycles. The van der Waals surface area contributed by atoms with Crippen molar-refractivity contribution in [2.24, 2.45) is 12.5 Å². The van der Waals surface area contributed by atoms with Crippen molar-refractivity contribution in [3.05, 3.63) is 47.1 Å². The molecule has 3 aromatic rings. The maximum absolute atomic E-state index is 14.5. The van der Waals surface area contributed by atoms with Gasteiger partial charge in [0.2, 0.25) is 17.9 Å². The molecule has 10 nitrogen and oxygen atoms in total. The van der Waals surface area contributed by atoms with Gasteiger partial charge in [-0.15, -0.1) is 0 Å². The highest BCUT2D eigenvalue weighted by Gasteiger charge is 2.50. The van der Waals surface area contributed by atoms with Crippen LogP contribution in [0.25, 0.3) is 11.3 Å². The largest absolute Gasteiger partial charge is 0.480 e. The summed E-state index contributed by atoms with van der Waals surface area (Å²) >= 11 is 6.13. The van der Waals surface area contributed by atoms with Crippen LogP contribution in [-0.4, -0.2) is 62.2 Å². The van der Waals surface area contributed by atoms with Crippen LogP contribution in [0, 0.1) is 5.41 Å². The molecule has 0 aliphatic carbocycles. The lowest BCUT2D eigenvalue weighted by atomic mass is 9.71. The molecule has 2 aliphatic heterocycles. The first kappa shape index (κ1) is 28.9. The number of benzene rings is 1. The number of hydrogen-bond acceptors (Lipinski definition) is 8. The predicted octanol–water partition coefficient (Wildman–Crippen LogP) is 4.61. The summed E-state index contributed by atoms with van der Waals surface area (Å²) < 4.78 is 50.4. The van der Waals surface area contributed by atoms with Crippen LogP contribution in [0.15, 0.2) is 36.5 Å². The molecule has 2 aromatic heterocycles. The van der Waals surface area contributed by atoms with Crippen LogP contribution in [0.3, 0.4) is 0 Å². The fourth-order valence-corrected chi connectivity index (χ4v) is 6.26. The van der Waals surface area contributed by atoms with Gasteiger partial charge in [0.25, 0.3) is 0 Å². The zero-order valence-corrected chi connectivity index (χ0v) is 23.3. The maximum atomic E-state index is 14.5. The van der Waals surface area contributed by atoms with Crippen LogP contribution >= 0.6 is 11.6 Å². The zero-order chi connectivity index (χ0) is 29.5. The molecule has 0 radical (unpaired) electrons. The predicted molar refractivity (Wildman–Crippen MR) is 147 cm³/mol. The second-order valence-corrected chi connectivity index (χ2v) is 11.1. The molecule has 2 unspecified atom stereocenters. The lowest BCUT2D eigenvalue weighted by Gasteiger charge is -2.43. The van der Waals surface area contributed by atoms with Crippen LogP contribution in [0.4, 0.5) is 24.9 Å². The van der Waals surface area contributed by atoms with Crippen LogP contribution in [0.1, 0.15) is 44.3 Å². The Kier molecular flexibility index (Phi) is 7.77. The summed E-state index contributed by atoms with van der Waals surface area (Å²) in [5.41, 5.74) is 6.07. The highest BCUT2D eigenvalue weighted by Crippen LogP contribution is 2.46. The SMILES string of the molecule is CCC1NC(C(=O)O)CC12CCN(c1cc(O[C@H](c3ccc(Cl)cc3-c3ccn(C)n3)C(F)(F)F)nc(N)n1)CC2. The third-order valence-electron chi connectivity index (χ3n) is 8.07. The van der Waals surface area contributed by atoms with Crippen molar-refractivity contribution in [1.29, 1.82) is 0 Å². The first-order valence-corrected chi connectivity index (χ1v) is 13.7. The average molecular weight is 594 g/mol. The molecular formula is C27H31ClF3N7O3. The van der Waals surface area contributed by atoms with Gasteiger partial charge in [-0.2, -0.15) is 28.2 Å². The molecule has 4 heterocycles. The summed E-state index contributed by atoms with van der Waals surface area (Å²) in [7, 11) is 1.66. The zero-order valence-electron chi connectivity index (χ0n) is 22.5. The molecule has 3 atom stereocenters. The number of carboxylic acid groups (broad SMARTS) is 1. The lowest BCUT2D eigenvalue weighted by molar-refractivity contribution is -0.198. The van der Waals surface area contributed by atoms with E-state index in [2.05, 4.69) is 20.4 Å². The number of carboxylic acids is 1. The van der Waals surface area contributed by atoms with Gasteiger partial charge in [0, 0.05) is 54.6 Å². The van der Waals surface area contributed by atoms with E-state index in [9.17, 15) is 23.1 Å². The summed E-state index contributed by atoms with van der Waals surface area (Å²) in [5, 5.41) is 17.3. The summed E-state index contributed by atoms with van der Waals surface area (Å²) in [6.45, 7) is 3.09. The van der Waals surface area contributed by atoms with Gasteiger partial charge in [-0.05, 0) is 49.3 Å². The minimum atomic E-state index is -4.81. The van der Waals surface area contributed by atoms with Crippen LogP contribution in [0.5, 0.6) is 5.88 Å². The number of ether oxygens (including phenoxy) is 1. The number of nitrogens with one attached hydrogen (secondary N) is 1. The minimum absolute atomic E-state index is 0.0698. The Labute approximate surface area is 239 Å². The van der Waals surface area contributed by atoms with E-state index in [1.165, 1.54) is 28.9 Å². The number of rotatable bonds is 7. The Morgan fingerprint density at radius 2 is 2.00 bits per heavy atom. The number of nitrogen functional groups attached to an aromatic ring is 1. The summed E-state index contributed by atoms with van der Waals surface area (Å²) in [4.78, 5) is 21.8. The third kappa shape index (κ3) is 5.91. The number of piperidine rings is 1. The number of alkyl halides is 3. The van der Waals surface area contributed by atoms with Gasteiger partial charge in [-0.25, -0.2) is 0 Å². The number of aryl methyl sites for hydroxylation is 1. The van der Waals surface area contributed by atoms with Gasteiger partial charge in [0.05, 0.1) is 5.69 Å². The van der Waals surface area contributed by atoms with Crippen molar-refractivity contribution in [1.82, 2.24) is 25.1 Å². The minimum Gasteiger partial charge on any atom is -0.480 e. The monoisotopic (exact) mass is 593 g/mol. The highest BCUT2D eigenvalue weighted by atomic mass is 35.5. The van der Waals surface area contributed by atoms with E-state index in [1.54, 1.807) is 19.3 Å². The van der Waals surface area contributed by atoms with E-state index in [-0.39, 0.29) is 39.4 Å². The Hall–Kier alpha value is -3.58. The van der Waals surface area contributed by atoms with Gasteiger partial charge < -0.3 is 25.8 Å². The van der Waals surface area contributed by atoms with Crippen LogP contribution in [-0.2, 0) is 11.8 Å². The van der Waals surface area contributed by atoms with Crippen molar-refractivity contribution in [2.45, 2.75) is 57.0 Å². The quantitative estimate of drug-likeness (QED) is 0.359. The van der Waals surface area contributed by atoms with Gasteiger partial charge in [-0.3, -0.25) is 9.48 Å². The number of anilines is 2. The lowest BCUT2D eigenvalue weighted by Crippen LogP contribution is -2.46. The number of aliphatic carboxylic acids is 1. The molecule has 0 saturated carbocycles. The Balaban J connectivity index is 1.40. The summed E-state index contributed by atoms with van der Waals surface area (Å²) in [5.74, 6) is -1.06. The molecule has 1 aromatic carbocycles. The van der Waals surface area contributed by atoms with E-state index in [0.717, 1.165) is 6.42 Å². The van der Waals surface area contributed by atoms with Crippen molar-refractivity contribution in [3.8, 4) is 17.1 Å². The Bertz CT molecular complexity index is 1430. The molecule has 0 amide bonds. The molecule has 1 spiro atoms. The van der Waals surface area contributed by atoms with E-state index in [4.69, 9.17) is 22.1 Å². The van der Waals surface area contributed by atoms with Crippen molar-refractivity contribution < 1.29 is 27.8 Å². The first-order valence-electron chi connectivity index (χ1n) is 13.3. The normalized spacial score (nSPS) is 21.3. The Morgan fingerprint density at radius 3 is 2.61 bits per heavy atom. The number of halogens is 4. The molecule has 220 valence electrons. The second-order valence-electron chi connectivity index (χ2n) is 10.6. The van der Waals surface area contributed by atoms with Crippen LogP contribution in [0.2, 0.25) is 5.02 Å². The number of aromatic nitrogens is 4. The van der Waals surface area contributed by atoms with E-state index < -0.39 is 24.3 Å². The van der Waals surface area contributed by atoms with Gasteiger partial charge in [-0.1, -0.05) is 24.6 Å². The number of hydrogen-bond donors (Lipinski definition) is 3. The average Bonchev–Trinajstić information content (AvgIpc) is 3.50. The van der Waals surface area contributed by atoms with Crippen molar-refractivity contribution in [3.63, 3.8) is 0 Å². The number of carbonyl (C=O) groups is 1. The maximum Gasteiger partial charge on any atom is 0.429 e. The van der Waals surface area contributed by atoms with Gasteiger partial charge in [0.1, 0.15) is 11.9 Å². The molecule has 5 rings (SSSR count). The molecular weight excluding hydrogens is 563 g/mol. The summed E-state index contributed by atoms with van der Waals surface area (Å²) in [6, 6.07) is 6.47. The van der Waals surface area contributed by atoms with E-state index in [0.29, 0.717) is 43.9 Å². The van der Waals surface area contributed by atoms with Gasteiger partial charge in [0.15, 0.2) is 0 Å². The van der Waals surface area contributed by atoms with Crippen LogP contribution < -0.4 is 20.7 Å². The number of nitrogens with two attached hydrogens (primary N) is 1. The van der Waals surface area contributed by atoms with Crippen molar-refractivity contribution in [2.75, 3.05) is 23.7 Å². The smallest absolute Gasteiger partial charge is 0.429 e. The second kappa shape index (κ2) is 11.0. The van der Waals surface area contributed by atoms with Gasteiger partial charge >= 0.3 is 12.1 Å². The molecule has 14 heteroatoms. The third-order valence-corrected chi connectivity index (χ3v) is 8.31. The molecule has 41 heavy (non-hydrogen) atoms. The topological polar surface area (TPSA) is 131 Å². The molecule has 2 fully saturated rings. The molecule has 4 N–H and O–H groups in total. The first-order chi connectivity index (χ1) is 19.4. The molecule has 0 bridgehead atoms. The number of nitrogens with zero attached hydrogens (tertiary/aromatic N) is 5. The fraction of sp³-hybridized carbons (Fsp3) is 0.481. The molecule has 2 aliphatic rings. The highest BCUT2D eigenvalue weighted by molar-refractivity contribution is 6.30. The van der Waals surface area contributed by atoms with E-state index >= 15 is 0 Å².